The molecule has 0 aliphatic carbocycles. The van der Waals surface area contributed by atoms with Crippen LogP contribution in [-0.2, 0) is 17.5 Å². The van der Waals surface area contributed by atoms with Crippen molar-refractivity contribution in [2.75, 3.05) is 11.1 Å². The Morgan fingerprint density at radius 3 is 2.68 bits per heavy atom. The number of hydrogen-bond donors (Lipinski definition) is 3. The fourth-order valence-corrected chi connectivity index (χ4v) is 2.77. The first-order valence-electron chi connectivity index (χ1n) is 12.5. The number of aromatic nitrogens is 1. The molecule has 5 nitrogen and oxygen atoms in total. The van der Waals surface area contributed by atoms with Crippen LogP contribution in [0.5, 0.6) is 0 Å². The predicted molar refractivity (Wildman–Crippen MR) is 114 cm³/mol. The summed E-state index contributed by atoms with van der Waals surface area (Å²) >= 11 is 0.748. The van der Waals surface area contributed by atoms with E-state index < -0.39 is 43.2 Å². The molecule has 146 valence electrons. The normalized spacial score (nSPS) is 18.8. The molecule has 28 heavy (non-hydrogen) atoms. The fraction of sp³-hybridized carbons (Fsp3) is 0.273. The molecule has 3 aromatic rings. The van der Waals surface area contributed by atoms with Gasteiger partial charge in [0.2, 0.25) is 5.91 Å². The largest absolute Gasteiger partial charge is 0.388 e. The van der Waals surface area contributed by atoms with E-state index in [4.69, 9.17) is 16.7 Å². The highest BCUT2D eigenvalue weighted by Gasteiger charge is 2.08. The molecule has 1 aromatic heterocycles. The molecule has 1 atom stereocenters. The van der Waals surface area contributed by atoms with Gasteiger partial charge in [0, 0.05) is 19.3 Å². The molecule has 3 rings (SSSR count). The monoisotopic (exact) mass is 403 g/mol. The summed E-state index contributed by atoms with van der Waals surface area (Å²) in [5, 5.41) is 12.6. The van der Waals surface area contributed by atoms with E-state index in [0.29, 0.717) is 0 Å². The summed E-state index contributed by atoms with van der Waals surface area (Å²) in [6, 6.07) is 13.2. The van der Waals surface area contributed by atoms with Crippen molar-refractivity contribution in [3.05, 3.63) is 76.8 Å². The van der Waals surface area contributed by atoms with Crippen LogP contribution in [0.2, 0.25) is 0 Å². The van der Waals surface area contributed by atoms with Crippen molar-refractivity contribution >= 4 is 28.1 Å². The molecular formula is C22H25N3O2S. The molecule has 1 heterocycles. The smallest absolute Gasteiger partial charge is 0.230 e. The van der Waals surface area contributed by atoms with Crippen molar-refractivity contribution in [1.82, 2.24) is 4.98 Å². The minimum Gasteiger partial charge on any atom is -0.388 e. The zero-order valence-electron chi connectivity index (χ0n) is 22.9. The van der Waals surface area contributed by atoms with Crippen molar-refractivity contribution in [3.8, 4) is 0 Å². The maximum Gasteiger partial charge on any atom is 0.230 e. The average Bonchev–Trinajstić information content (AvgIpc) is 3.17. The summed E-state index contributed by atoms with van der Waals surface area (Å²) in [6.07, 6.45) is -10.4. The highest BCUT2D eigenvalue weighted by molar-refractivity contribution is 7.13. The van der Waals surface area contributed by atoms with Crippen LogP contribution in [0.15, 0.2) is 60.0 Å². The minimum atomic E-state index is -2.62. The van der Waals surface area contributed by atoms with E-state index in [0.717, 1.165) is 11.3 Å². The number of carbonyl (C=O) groups excluding carboxylic acids is 1. The number of benzene rings is 2. The van der Waals surface area contributed by atoms with Crippen LogP contribution in [-0.4, -0.2) is 16.0 Å². The Kier molecular flexibility index (Phi) is 4.29. The summed E-state index contributed by atoms with van der Waals surface area (Å²) in [5.74, 6) is -1.07. The number of nitrogens with one attached hydrogen (secondary N) is 1. The molecule has 4 N–H and O–H groups in total. The summed E-state index contributed by atoms with van der Waals surface area (Å²) in [7, 11) is 0. The lowest BCUT2D eigenvalue weighted by molar-refractivity contribution is -0.115. The van der Waals surface area contributed by atoms with E-state index in [1.807, 2.05) is 0 Å². The van der Waals surface area contributed by atoms with Crippen LogP contribution < -0.4 is 11.1 Å². The zero-order chi connectivity index (χ0) is 26.9. The van der Waals surface area contributed by atoms with E-state index in [1.54, 1.807) is 18.2 Å². The molecule has 0 aliphatic rings. The van der Waals surface area contributed by atoms with Gasteiger partial charge in [-0.25, -0.2) is 4.98 Å². The lowest BCUT2D eigenvalue weighted by atomic mass is 10.0. The fourth-order valence-electron chi connectivity index (χ4n) is 2.34. The van der Waals surface area contributed by atoms with Crippen molar-refractivity contribution in [2.45, 2.75) is 38.0 Å². The number of nitrogens with zero attached hydrogens (tertiary/aromatic N) is 1. The van der Waals surface area contributed by atoms with Gasteiger partial charge in [0.1, 0.15) is 0 Å². The summed E-state index contributed by atoms with van der Waals surface area (Å²) in [6.45, 7) is 0. The maximum absolute atomic E-state index is 12.5. The molecule has 0 saturated carbocycles. The third-order valence-electron chi connectivity index (χ3n) is 3.64. The number of thiazole rings is 1. The number of rotatable bonds is 9. The van der Waals surface area contributed by atoms with E-state index in [2.05, 4.69) is 10.3 Å². The van der Waals surface area contributed by atoms with Gasteiger partial charge in [0.15, 0.2) is 5.13 Å². The third kappa shape index (κ3) is 6.18. The Bertz CT molecular complexity index is 1220. The second-order valence-electron chi connectivity index (χ2n) is 5.73. The SMILES string of the molecule is [2H]c1sc(N)nc1C([2H])([2H])C(=O)Nc1ccc(C([2H])([2H])CCC([2H])([2H])[C@]([2H])(O)c2ccccc2)cc1. The lowest BCUT2D eigenvalue weighted by Gasteiger charge is -2.10. The number of nitrogen functional groups attached to an aromatic ring is 1. The van der Waals surface area contributed by atoms with E-state index in [1.165, 1.54) is 36.4 Å². The molecular weight excluding hydrogens is 370 g/mol. The Morgan fingerprint density at radius 1 is 1.25 bits per heavy atom. The van der Waals surface area contributed by atoms with Gasteiger partial charge in [-0.2, -0.15) is 0 Å². The predicted octanol–water partition coefficient (Wildman–Crippen LogP) is 4.35. The second-order valence-corrected chi connectivity index (χ2v) is 6.55. The van der Waals surface area contributed by atoms with Crippen molar-refractivity contribution in [2.24, 2.45) is 0 Å². The van der Waals surface area contributed by atoms with Gasteiger partial charge in [-0.15, -0.1) is 11.3 Å². The maximum atomic E-state index is 12.5. The molecule has 2 aromatic carbocycles. The summed E-state index contributed by atoms with van der Waals surface area (Å²) in [5.41, 5.74) is 5.52. The molecule has 0 radical (unpaired) electrons. The second kappa shape index (κ2) is 10.0. The highest BCUT2D eigenvalue weighted by atomic mass is 32.1. The number of carbonyl (C=O) groups is 1. The van der Waals surface area contributed by atoms with E-state index in [9.17, 15) is 9.90 Å². The van der Waals surface area contributed by atoms with Gasteiger partial charge in [-0.05, 0) is 42.4 Å². The van der Waals surface area contributed by atoms with Gasteiger partial charge in [0.05, 0.1) is 20.9 Å². The number of nitrogens with two attached hydrogens (primary N) is 1. The topological polar surface area (TPSA) is 88.2 Å². The average molecular weight is 404 g/mol. The minimum absolute atomic E-state index is 0.0322. The first-order valence-corrected chi connectivity index (χ1v) is 9.33. The first-order chi connectivity index (χ1) is 16.6. The third-order valence-corrected chi connectivity index (χ3v) is 4.24. The molecule has 1 amide bonds. The number of amides is 1. The van der Waals surface area contributed by atoms with E-state index >= 15 is 0 Å². The Hall–Kier alpha value is -2.70. The molecule has 0 unspecified atom stereocenters. The molecule has 0 saturated heterocycles. The summed E-state index contributed by atoms with van der Waals surface area (Å²) < 4.78 is 65.2. The Balaban J connectivity index is 1.69. The van der Waals surface area contributed by atoms with Crippen molar-refractivity contribution in [3.63, 3.8) is 0 Å². The van der Waals surface area contributed by atoms with Crippen LogP contribution in [0.1, 0.15) is 53.1 Å². The van der Waals surface area contributed by atoms with E-state index in [-0.39, 0.29) is 33.7 Å². The number of aryl methyl sites for hydroxylation is 1. The van der Waals surface area contributed by atoms with Crippen LogP contribution in [0.25, 0.3) is 0 Å². The Labute approximate surface area is 180 Å². The molecule has 0 spiro atoms. The van der Waals surface area contributed by atoms with Crippen LogP contribution in [0, 0.1) is 0 Å². The summed E-state index contributed by atoms with van der Waals surface area (Å²) in [4.78, 5) is 16.2. The zero-order valence-corrected chi connectivity index (χ0v) is 15.7. The number of aliphatic hydroxyl groups is 1. The number of hydrogen-bond acceptors (Lipinski definition) is 5. The molecule has 6 heteroatoms. The lowest BCUT2D eigenvalue weighted by Crippen LogP contribution is -2.14. The molecule has 0 bridgehead atoms. The highest BCUT2D eigenvalue weighted by Crippen LogP contribution is 2.20. The van der Waals surface area contributed by atoms with Crippen LogP contribution in [0.4, 0.5) is 10.8 Å². The van der Waals surface area contributed by atoms with Gasteiger partial charge in [-0.1, -0.05) is 48.9 Å². The van der Waals surface area contributed by atoms with Gasteiger partial charge in [0.25, 0.3) is 0 Å². The standard InChI is InChI=1S/C22H25N3O2S/c23-22-25-19(15-28-22)14-21(27)24-18-12-10-16(11-13-18)6-4-5-9-20(26)17-7-2-1-3-8-17/h1-3,7-8,10-13,15,20,26H,4-6,9,14H2,(H2,23,25)(H,24,27)/t20-/m0/s1/i6D2,9D2,14D2,15D,20D. The van der Waals surface area contributed by atoms with Crippen molar-refractivity contribution in [1.29, 1.82) is 0 Å². The van der Waals surface area contributed by atoms with Crippen LogP contribution in [0.3, 0.4) is 0 Å². The first kappa shape index (κ1) is 12.0. The van der Waals surface area contributed by atoms with Gasteiger partial charge >= 0.3 is 0 Å². The van der Waals surface area contributed by atoms with Crippen LogP contribution >= 0.6 is 11.3 Å². The van der Waals surface area contributed by atoms with Crippen molar-refractivity contribution < 1.29 is 20.9 Å². The molecule has 0 aliphatic heterocycles. The number of anilines is 2. The molecule has 0 fully saturated rings. The van der Waals surface area contributed by atoms with Gasteiger partial charge < -0.3 is 16.2 Å². The Morgan fingerprint density at radius 2 is 2.00 bits per heavy atom. The van der Waals surface area contributed by atoms with Gasteiger partial charge in [-0.3, -0.25) is 4.79 Å². The quantitative estimate of drug-likeness (QED) is 0.495.